The van der Waals surface area contributed by atoms with Crippen LogP contribution in [0.25, 0.3) is 11.0 Å². The van der Waals surface area contributed by atoms with Gasteiger partial charge >= 0.3 is 0 Å². The van der Waals surface area contributed by atoms with Crippen LogP contribution in [0.5, 0.6) is 0 Å². The molecule has 0 bridgehead atoms. The monoisotopic (exact) mass is 306 g/mol. The van der Waals surface area contributed by atoms with Crippen molar-refractivity contribution in [1.82, 2.24) is 8.96 Å². The molecule has 0 N–H and O–H groups in total. The standard InChI is InChI=1S/C14H11ClN2O2S/c1-10-9-12-13(15)7-8-16-14(12)17(10)20(18,19)11-5-3-2-4-6-11/h2-9H,1H3. The first-order valence-electron chi connectivity index (χ1n) is 5.95. The molecule has 4 nitrogen and oxygen atoms in total. The van der Waals surface area contributed by atoms with E-state index in [2.05, 4.69) is 4.98 Å². The second kappa shape index (κ2) is 4.61. The van der Waals surface area contributed by atoms with Crippen LogP contribution in [-0.2, 0) is 10.0 Å². The molecule has 0 saturated heterocycles. The number of benzene rings is 1. The first-order chi connectivity index (χ1) is 9.51. The summed E-state index contributed by atoms with van der Waals surface area (Å²) in [5.41, 5.74) is 0.920. The minimum absolute atomic E-state index is 0.224. The van der Waals surface area contributed by atoms with Crippen molar-refractivity contribution in [3.8, 4) is 0 Å². The summed E-state index contributed by atoms with van der Waals surface area (Å²) in [6, 6.07) is 11.6. The summed E-state index contributed by atoms with van der Waals surface area (Å²) in [7, 11) is -3.67. The Morgan fingerprint density at radius 2 is 1.85 bits per heavy atom. The normalized spacial score (nSPS) is 11.9. The third kappa shape index (κ3) is 1.90. The van der Waals surface area contributed by atoms with Gasteiger partial charge in [-0.1, -0.05) is 29.8 Å². The third-order valence-corrected chi connectivity index (χ3v) is 5.20. The Labute approximate surface area is 121 Å². The zero-order chi connectivity index (χ0) is 14.3. The Morgan fingerprint density at radius 3 is 2.55 bits per heavy atom. The summed E-state index contributed by atoms with van der Waals surface area (Å²) in [6.07, 6.45) is 1.50. The van der Waals surface area contributed by atoms with Crippen molar-refractivity contribution in [2.24, 2.45) is 0 Å². The molecule has 0 aliphatic rings. The number of hydrogen-bond donors (Lipinski definition) is 0. The number of aromatic nitrogens is 2. The molecule has 0 saturated carbocycles. The number of pyridine rings is 1. The van der Waals surface area contributed by atoms with Gasteiger partial charge in [-0.3, -0.25) is 0 Å². The predicted octanol–water partition coefficient (Wildman–Crippen LogP) is 3.24. The maximum Gasteiger partial charge on any atom is 0.269 e. The van der Waals surface area contributed by atoms with Gasteiger partial charge in [-0.2, -0.15) is 0 Å². The molecule has 0 spiro atoms. The maximum absolute atomic E-state index is 12.7. The quantitative estimate of drug-likeness (QED) is 0.730. The van der Waals surface area contributed by atoms with E-state index >= 15 is 0 Å². The van der Waals surface area contributed by atoms with Gasteiger partial charge in [0, 0.05) is 17.3 Å². The Hall–Kier alpha value is -1.85. The van der Waals surface area contributed by atoms with Crippen LogP contribution in [0, 0.1) is 6.92 Å². The van der Waals surface area contributed by atoms with Crippen molar-refractivity contribution >= 4 is 32.7 Å². The predicted molar refractivity (Wildman–Crippen MR) is 78.5 cm³/mol. The fourth-order valence-electron chi connectivity index (χ4n) is 2.17. The molecule has 20 heavy (non-hydrogen) atoms. The molecule has 6 heteroatoms. The summed E-state index contributed by atoms with van der Waals surface area (Å²) < 4.78 is 26.7. The Morgan fingerprint density at radius 1 is 1.15 bits per heavy atom. The highest BCUT2D eigenvalue weighted by Crippen LogP contribution is 2.28. The van der Waals surface area contributed by atoms with Crippen LogP contribution in [0.15, 0.2) is 53.6 Å². The van der Waals surface area contributed by atoms with Gasteiger partial charge in [-0.25, -0.2) is 17.4 Å². The van der Waals surface area contributed by atoms with E-state index in [9.17, 15) is 8.42 Å². The number of fused-ring (bicyclic) bond motifs is 1. The van der Waals surface area contributed by atoms with Crippen molar-refractivity contribution in [2.75, 3.05) is 0 Å². The summed E-state index contributed by atoms with van der Waals surface area (Å²) in [6.45, 7) is 1.72. The Bertz CT molecular complexity index is 886. The third-order valence-electron chi connectivity index (χ3n) is 3.06. The number of aryl methyl sites for hydroxylation is 1. The maximum atomic E-state index is 12.7. The fraction of sp³-hybridized carbons (Fsp3) is 0.0714. The van der Waals surface area contributed by atoms with E-state index in [-0.39, 0.29) is 4.90 Å². The molecule has 2 heterocycles. The second-order valence-electron chi connectivity index (χ2n) is 4.40. The minimum atomic E-state index is -3.67. The van der Waals surface area contributed by atoms with Gasteiger partial charge in [0.15, 0.2) is 5.65 Å². The molecule has 0 fully saturated rings. The smallest absolute Gasteiger partial charge is 0.237 e. The van der Waals surface area contributed by atoms with E-state index in [0.717, 1.165) is 0 Å². The molecule has 102 valence electrons. The zero-order valence-electron chi connectivity index (χ0n) is 10.6. The molecular weight excluding hydrogens is 296 g/mol. The van der Waals surface area contributed by atoms with Gasteiger partial charge in [0.05, 0.1) is 9.92 Å². The SMILES string of the molecule is Cc1cc2c(Cl)ccnc2n1S(=O)(=O)c1ccccc1. The van der Waals surface area contributed by atoms with Crippen LogP contribution in [0.1, 0.15) is 5.69 Å². The van der Waals surface area contributed by atoms with Crippen LogP contribution in [0.3, 0.4) is 0 Å². The van der Waals surface area contributed by atoms with E-state index in [4.69, 9.17) is 11.6 Å². The molecule has 0 amide bonds. The topological polar surface area (TPSA) is 52.0 Å². The highest BCUT2D eigenvalue weighted by Gasteiger charge is 2.22. The number of nitrogens with zero attached hydrogens (tertiary/aromatic N) is 2. The number of hydrogen-bond acceptors (Lipinski definition) is 3. The van der Waals surface area contributed by atoms with Gasteiger partial charge in [0.2, 0.25) is 0 Å². The first-order valence-corrected chi connectivity index (χ1v) is 7.77. The first kappa shape index (κ1) is 13.1. The summed E-state index contributed by atoms with van der Waals surface area (Å²) in [5, 5.41) is 1.12. The van der Waals surface area contributed by atoms with Gasteiger partial charge in [-0.05, 0) is 31.2 Å². The molecule has 0 radical (unpaired) electrons. The summed E-state index contributed by atoms with van der Waals surface area (Å²) >= 11 is 6.09. The van der Waals surface area contributed by atoms with Crippen LogP contribution in [0.2, 0.25) is 5.02 Å². The number of rotatable bonds is 2. The fourth-order valence-corrected chi connectivity index (χ4v) is 3.88. The molecule has 1 aromatic carbocycles. The minimum Gasteiger partial charge on any atom is -0.237 e. The van der Waals surface area contributed by atoms with Crippen molar-refractivity contribution in [3.63, 3.8) is 0 Å². The average Bonchev–Trinajstić information content (AvgIpc) is 2.78. The van der Waals surface area contributed by atoms with E-state index in [0.29, 0.717) is 21.7 Å². The molecule has 0 aliphatic heterocycles. The summed E-state index contributed by atoms with van der Waals surface area (Å²) in [5.74, 6) is 0. The highest BCUT2D eigenvalue weighted by molar-refractivity contribution is 7.90. The molecular formula is C14H11ClN2O2S. The van der Waals surface area contributed by atoms with Crippen LogP contribution in [-0.4, -0.2) is 17.4 Å². The molecule has 3 aromatic rings. The second-order valence-corrected chi connectivity index (χ2v) is 6.59. The van der Waals surface area contributed by atoms with Gasteiger partial charge in [0.25, 0.3) is 10.0 Å². The molecule has 0 aliphatic carbocycles. The largest absolute Gasteiger partial charge is 0.269 e. The van der Waals surface area contributed by atoms with Gasteiger partial charge in [0.1, 0.15) is 0 Å². The van der Waals surface area contributed by atoms with Crippen molar-refractivity contribution in [3.05, 3.63) is 59.4 Å². The number of halogens is 1. The lowest BCUT2D eigenvalue weighted by Crippen LogP contribution is -2.14. The molecule has 0 unspecified atom stereocenters. The lowest BCUT2D eigenvalue weighted by molar-refractivity contribution is 0.587. The summed E-state index contributed by atoms with van der Waals surface area (Å²) in [4.78, 5) is 4.38. The molecule has 2 aromatic heterocycles. The van der Waals surface area contributed by atoms with Crippen molar-refractivity contribution in [2.45, 2.75) is 11.8 Å². The lowest BCUT2D eigenvalue weighted by atomic mass is 10.3. The van der Waals surface area contributed by atoms with Crippen molar-refractivity contribution < 1.29 is 8.42 Å². The van der Waals surface area contributed by atoms with E-state index < -0.39 is 10.0 Å². The van der Waals surface area contributed by atoms with Crippen molar-refractivity contribution in [1.29, 1.82) is 0 Å². The van der Waals surface area contributed by atoms with E-state index in [1.165, 1.54) is 10.2 Å². The highest BCUT2D eigenvalue weighted by atomic mass is 35.5. The Kier molecular flexibility index (Phi) is 3.03. The lowest BCUT2D eigenvalue weighted by Gasteiger charge is -2.09. The average molecular weight is 307 g/mol. The van der Waals surface area contributed by atoms with E-state index in [1.54, 1.807) is 49.4 Å². The van der Waals surface area contributed by atoms with Crippen LogP contribution >= 0.6 is 11.6 Å². The van der Waals surface area contributed by atoms with Crippen LogP contribution in [0.4, 0.5) is 0 Å². The molecule has 3 rings (SSSR count). The van der Waals surface area contributed by atoms with Crippen LogP contribution < -0.4 is 0 Å². The zero-order valence-corrected chi connectivity index (χ0v) is 12.2. The Balaban J connectivity index is 2.36. The van der Waals surface area contributed by atoms with Gasteiger partial charge in [-0.15, -0.1) is 0 Å². The van der Waals surface area contributed by atoms with E-state index in [1.807, 2.05) is 0 Å². The molecule has 0 atom stereocenters. The van der Waals surface area contributed by atoms with Gasteiger partial charge < -0.3 is 0 Å².